The Morgan fingerprint density at radius 2 is 1.85 bits per heavy atom. The second-order valence-corrected chi connectivity index (χ2v) is 5.87. The van der Waals surface area contributed by atoms with Crippen LogP contribution in [-0.2, 0) is 14.1 Å². The zero-order valence-electron chi connectivity index (χ0n) is 14.6. The molecule has 0 aliphatic carbocycles. The fraction of sp³-hybridized carbons (Fsp3) is 0.176. The van der Waals surface area contributed by atoms with Crippen LogP contribution in [0.1, 0.15) is 16.1 Å². The van der Waals surface area contributed by atoms with Crippen molar-refractivity contribution in [3.8, 4) is 5.75 Å². The second-order valence-electron chi connectivity index (χ2n) is 5.87. The van der Waals surface area contributed by atoms with Crippen LogP contribution in [0, 0.1) is 17.0 Å². The average Bonchev–Trinajstić information content (AvgIpc) is 2.63. The molecule has 2 heterocycles. The van der Waals surface area contributed by atoms with Crippen LogP contribution in [-0.4, -0.2) is 25.0 Å². The molecular formula is C17H14N4O6. The van der Waals surface area contributed by atoms with Crippen LogP contribution in [0.15, 0.2) is 39.9 Å². The standard InChI is InChI=1S/C17H14N4O6/c1-9-8-10(4-7-13(9)21(25)26)27-16(23)12-6-5-11-14(18-12)19(2)17(24)20(3)15(11)22/h4-8H,1-3H3. The topological polar surface area (TPSA) is 126 Å². The van der Waals surface area contributed by atoms with E-state index >= 15 is 0 Å². The van der Waals surface area contributed by atoms with Gasteiger partial charge in [0.05, 0.1) is 10.3 Å². The molecule has 0 atom stereocenters. The molecule has 1 aromatic carbocycles. The number of fused-ring (bicyclic) bond motifs is 1. The molecule has 3 aromatic rings. The number of pyridine rings is 1. The van der Waals surface area contributed by atoms with Gasteiger partial charge < -0.3 is 4.74 Å². The van der Waals surface area contributed by atoms with Crippen molar-refractivity contribution < 1.29 is 14.5 Å². The van der Waals surface area contributed by atoms with Crippen molar-refractivity contribution in [1.29, 1.82) is 0 Å². The molecule has 138 valence electrons. The normalized spacial score (nSPS) is 10.8. The lowest BCUT2D eigenvalue weighted by atomic mass is 10.2. The van der Waals surface area contributed by atoms with Crippen molar-refractivity contribution in [2.45, 2.75) is 6.92 Å². The maximum atomic E-state index is 12.3. The number of esters is 1. The third-order valence-corrected chi connectivity index (χ3v) is 4.09. The highest BCUT2D eigenvalue weighted by Crippen LogP contribution is 2.23. The lowest BCUT2D eigenvalue weighted by molar-refractivity contribution is -0.385. The van der Waals surface area contributed by atoms with E-state index in [4.69, 9.17) is 4.74 Å². The molecule has 0 saturated heterocycles. The number of nitro groups is 1. The minimum atomic E-state index is -0.821. The minimum Gasteiger partial charge on any atom is -0.422 e. The van der Waals surface area contributed by atoms with Crippen LogP contribution >= 0.6 is 0 Å². The van der Waals surface area contributed by atoms with E-state index in [1.54, 1.807) is 0 Å². The van der Waals surface area contributed by atoms with E-state index in [-0.39, 0.29) is 28.2 Å². The molecule has 0 aliphatic rings. The van der Waals surface area contributed by atoms with Crippen LogP contribution in [0.5, 0.6) is 5.75 Å². The highest BCUT2D eigenvalue weighted by Gasteiger charge is 2.17. The number of carbonyl (C=O) groups excluding carboxylic acids is 1. The predicted molar refractivity (Wildman–Crippen MR) is 95.0 cm³/mol. The smallest absolute Gasteiger partial charge is 0.362 e. The Morgan fingerprint density at radius 3 is 2.48 bits per heavy atom. The molecule has 10 heteroatoms. The molecule has 3 rings (SSSR count). The van der Waals surface area contributed by atoms with Gasteiger partial charge in [0.25, 0.3) is 11.2 Å². The van der Waals surface area contributed by atoms with E-state index in [1.165, 1.54) is 51.4 Å². The summed E-state index contributed by atoms with van der Waals surface area (Å²) in [7, 11) is 2.79. The van der Waals surface area contributed by atoms with Crippen molar-refractivity contribution in [2.75, 3.05) is 0 Å². The highest BCUT2D eigenvalue weighted by atomic mass is 16.6. The molecular weight excluding hydrogens is 356 g/mol. The first-order chi connectivity index (χ1) is 12.7. The third-order valence-electron chi connectivity index (χ3n) is 4.09. The number of carbonyl (C=O) groups is 1. The summed E-state index contributed by atoms with van der Waals surface area (Å²) in [6, 6.07) is 6.61. The molecule has 0 aliphatic heterocycles. The first-order valence-corrected chi connectivity index (χ1v) is 7.74. The third kappa shape index (κ3) is 3.08. The molecule has 0 bridgehead atoms. The number of benzene rings is 1. The molecule has 0 radical (unpaired) electrons. The number of rotatable bonds is 3. The number of aryl methyl sites for hydroxylation is 2. The van der Waals surface area contributed by atoms with E-state index in [1.807, 2.05) is 0 Å². The Bertz CT molecular complexity index is 1220. The summed E-state index contributed by atoms with van der Waals surface area (Å²) in [6.07, 6.45) is 0. The molecule has 0 fully saturated rings. The Balaban J connectivity index is 1.99. The summed E-state index contributed by atoms with van der Waals surface area (Å²) < 4.78 is 7.30. The maximum absolute atomic E-state index is 12.3. The van der Waals surface area contributed by atoms with Gasteiger partial charge in [0.15, 0.2) is 5.69 Å². The monoisotopic (exact) mass is 370 g/mol. The summed E-state index contributed by atoms with van der Waals surface area (Å²) in [6.45, 7) is 1.52. The Kier molecular flexibility index (Phi) is 4.32. The molecule has 0 unspecified atom stereocenters. The van der Waals surface area contributed by atoms with Crippen molar-refractivity contribution in [1.82, 2.24) is 14.1 Å². The maximum Gasteiger partial charge on any atom is 0.362 e. The van der Waals surface area contributed by atoms with E-state index in [0.717, 1.165) is 9.13 Å². The summed E-state index contributed by atoms with van der Waals surface area (Å²) in [4.78, 5) is 50.9. The molecule has 0 N–H and O–H groups in total. The molecule has 10 nitrogen and oxygen atoms in total. The van der Waals surface area contributed by atoms with Gasteiger partial charge in [0.1, 0.15) is 11.4 Å². The van der Waals surface area contributed by atoms with Crippen LogP contribution < -0.4 is 16.0 Å². The predicted octanol–water partition coefficient (Wildman–Crippen LogP) is 1.07. The fourth-order valence-corrected chi connectivity index (χ4v) is 2.62. The quantitative estimate of drug-likeness (QED) is 0.292. The summed E-state index contributed by atoms with van der Waals surface area (Å²) in [5.41, 5.74) is -0.908. The van der Waals surface area contributed by atoms with Crippen LogP contribution in [0.4, 0.5) is 5.69 Å². The minimum absolute atomic E-state index is 0.0532. The lowest BCUT2D eigenvalue weighted by Crippen LogP contribution is -2.37. The van der Waals surface area contributed by atoms with Crippen LogP contribution in [0.2, 0.25) is 0 Å². The number of nitro benzene ring substituents is 1. The van der Waals surface area contributed by atoms with Gasteiger partial charge in [-0.25, -0.2) is 14.6 Å². The first-order valence-electron chi connectivity index (χ1n) is 7.74. The highest BCUT2D eigenvalue weighted by molar-refractivity contribution is 5.91. The Morgan fingerprint density at radius 1 is 1.15 bits per heavy atom. The SMILES string of the molecule is Cc1cc(OC(=O)c2ccc3c(=O)n(C)c(=O)n(C)c3n2)ccc1[N+](=O)[O-]. The molecule has 27 heavy (non-hydrogen) atoms. The van der Waals surface area contributed by atoms with Gasteiger partial charge in [-0.2, -0.15) is 0 Å². The second kappa shape index (κ2) is 6.48. The van der Waals surface area contributed by atoms with E-state index in [0.29, 0.717) is 5.56 Å². The van der Waals surface area contributed by atoms with Gasteiger partial charge in [-0.3, -0.25) is 24.0 Å². The Hall–Kier alpha value is -3.82. The van der Waals surface area contributed by atoms with E-state index < -0.39 is 22.1 Å². The van der Waals surface area contributed by atoms with Gasteiger partial charge in [-0.05, 0) is 31.2 Å². The molecule has 2 aromatic heterocycles. The van der Waals surface area contributed by atoms with Crippen LogP contribution in [0.3, 0.4) is 0 Å². The van der Waals surface area contributed by atoms with Gasteiger partial charge in [-0.1, -0.05) is 0 Å². The van der Waals surface area contributed by atoms with Crippen LogP contribution in [0.25, 0.3) is 11.0 Å². The van der Waals surface area contributed by atoms with E-state index in [9.17, 15) is 24.5 Å². The summed E-state index contributed by atoms with van der Waals surface area (Å²) in [5.74, 6) is -0.707. The van der Waals surface area contributed by atoms with Gasteiger partial charge >= 0.3 is 11.7 Å². The number of aromatic nitrogens is 3. The average molecular weight is 370 g/mol. The van der Waals surface area contributed by atoms with Crippen molar-refractivity contribution >= 4 is 22.7 Å². The van der Waals surface area contributed by atoms with Crippen molar-refractivity contribution in [2.24, 2.45) is 14.1 Å². The van der Waals surface area contributed by atoms with E-state index in [2.05, 4.69) is 4.98 Å². The largest absolute Gasteiger partial charge is 0.422 e. The van der Waals surface area contributed by atoms with Gasteiger partial charge in [-0.15, -0.1) is 0 Å². The first kappa shape index (κ1) is 18.0. The number of nitrogens with zero attached hydrogens (tertiary/aromatic N) is 4. The number of ether oxygens (including phenoxy) is 1. The van der Waals surface area contributed by atoms with Crippen molar-refractivity contribution in [3.63, 3.8) is 0 Å². The van der Waals surface area contributed by atoms with Gasteiger partial charge in [0, 0.05) is 25.7 Å². The molecule has 0 amide bonds. The Labute approximate surface area is 151 Å². The zero-order chi connectivity index (χ0) is 19.9. The summed E-state index contributed by atoms with van der Waals surface area (Å²) >= 11 is 0. The van der Waals surface area contributed by atoms with Gasteiger partial charge in [0.2, 0.25) is 0 Å². The number of hydrogen-bond acceptors (Lipinski definition) is 7. The molecule has 0 saturated carbocycles. The zero-order valence-corrected chi connectivity index (χ0v) is 14.6. The summed E-state index contributed by atoms with van der Waals surface area (Å²) in [5, 5.41) is 11.0. The van der Waals surface area contributed by atoms with Crippen molar-refractivity contribution in [3.05, 3.63) is 72.5 Å². The number of hydrogen-bond donors (Lipinski definition) is 0. The lowest BCUT2D eigenvalue weighted by Gasteiger charge is -2.08. The molecule has 0 spiro atoms. The fourth-order valence-electron chi connectivity index (χ4n) is 2.62.